The Bertz CT molecular complexity index is 566. The number of carbonyl (C=O) groups is 1. The second-order valence-corrected chi connectivity index (χ2v) is 6.66. The van der Waals surface area contributed by atoms with Crippen molar-refractivity contribution in [2.24, 2.45) is 0 Å². The third-order valence-electron chi connectivity index (χ3n) is 3.25. The fourth-order valence-corrected chi connectivity index (χ4v) is 3.17. The van der Waals surface area contributed by atoms with E-state index in [1.165, 1.54) is 13.3 Å². The summed E-state index contributed by atoms with van der Waals surface area (Å²) in [6.45, 7) is 1.15. The SMILES string of the molecule is COCC(=O)N1CC[C@@H](c2[nH]ncc2S(C)(=O)=O)C1. The Morgan fingerprint density at radius 1 is 1.63 bits per heavy atom. The zero-order valence-corrected chi connectivity index (χ0v) is 11.7. The topological polar surface area (TPSA) is 92.4 Å². The lowest BCUT2D eigenvalue weighted by atomic mass is 10.1. The average molecular weight is 287 g/mol. The van der Waals surface area contributed by atoms with Crippen LogP contribution in [0, 0.1) is 0 Å². The molecule has 19 heavy (non-hydrogen) atoms. The number of aromatic nitrogens is 2. The largest absolute Gasteiger partial charge is 0.375 e. The van der Waals surface area contributed by atoms with Crippen molar-refractivity contribution in [2.75, 3.05) is 33.1 Å². The number of likely N-dealkylation sites (tertiary alicyclic amines) is 1. The Morgan fingerprint density at radius 2 is 2.37 bits per heavy atom. The predicted molar refractivity (Wildman–Crippen MR) is 67.5 cm³/mol. The first-order chi connectivity index (χ1) is 8.93. The van der Waals surface area contributed by atoms with E-state index in [1.54, 1.807) is 4.90 Å². The molecule has 0 aliphatic carbocycles. The van der Waals surface area contributed by atoms with E-state index >= 15 is 0 Å². The summed E-state index contributed by atoms with van der Waals surface area (Å²) >= 11 is 0. The Balaban J connectivity index is 2.14. The van der Waals surface area contributed by atoms with Crippen molar-refractivity contribution in [1.29, 1.82) is 0 Å². The van der Waals surface area contributed by atoms with Gasteiger partial charge in [-0.1, -0.05) is 0 Å². The maximum Gasteiger partial charge on any atom is 0.248 e. The second kappa shape index (κ2) is 5.30. The summed E-state index contributed by atoms with van der Waals surface area (Å²) in [5.74, 6) is -0.0987. The first-order valence-corrected chi connectivity index (χ1v) is 7.82. The number of ether oxygens (including phenoxy) is 1. The van der Waals surface area contributed by atoms with Crippen LogP contribution >= 0.6 is 0 Å². The predicted octanol–water partition coefficient (Wildman–Crippen LogP) is -0.224. The summed E-state index contributed by atoms with van der Waals surface area (Å²) in [7, 11) is -1.82. The molecule has 8 heteroatoms. The molecule has 0 radical (unpaired) electrons. The fourth-order valence-electron chi connectivity index (χ4n) is 2.31. The van der Waals surface area contributed by atoms with Crippen molar-refractivity contribution >= 4 is 15.7 Å². The third kappa shape index (κ3) is 2.95. The monoisotopic (exact) mass is 287 g/mol. The van der Waals surface area contributed by atoms with Gasteiger partial charge in [-0.05, 0) is 6.42 Å². The fraction of sp³-hybridized carbons (Fsp3) is 0.636. The van der Waals surface area contributed by atoms with Crippen LogP contribution in [-0.2, 0) is 19.4 Å². The Hall–Kier alpha value is -1.41. The number of rotatable bonds is 4. The number of nitrogens with zero attached hydrogens (tertiary/aromatic N) is 2. The number of methoxy groups -OCH3 is 1. The minimum absolute atomic E-state index is 0.0203. The molecule has 0 saturated carbocycles. The molecule has 0 bridgehead atoms. The van der Waals surface area contributed by atoms with Crippen LogP contribution in [0.15, 0.2) is 11.1 Å². The lowest BCUT2D eigenvalue weighted by Crippen LogP contribution is -2.31. The van der Waals surface area contributed by atoms with Crippen LogP contribution < -0.4 is 0 Å². The lowest BCUT2D eigenvalue weighted by Gasteiger charge is -2.15. The number of hydrogen-bond acceptors (Lipinski definition) is 5. The van der Waals surface area contributed by atoms with Crippen LogP contribution in [0.3, 0.4) is 0 Å². The standard InChI is InChI=1S/C11H17N3O4S/c1-18-7-10(15)14-4-3-8(6-14)11-9(5-12-13-11)19(2,16)17/h5,8H,3-4,6-7H2,1-2H3,(H,12,13)/t8-/m1/s1. The minimum atomic E-state index is -3.30. The highest BCUT2D eigenvalue weighted by molar-refractivity contribution is 7.90. The van der Waals surface area contributed by atoms with Crippen molar-refractivity contribution in [2.45, 2.75) is 17.2 Å². The van der Waals surface area contributed by atoms with Crippen LogP contribution in [0.1, 0.15) is 18.0 Å². The van der Waals surface area contributed by atoms with Gasteiger partial charge in [-0.3, -0.25) is 9.89 Å². The molecule has 1 fully saturated rings. The lowest BCUT2D eigenvalue weighted by molar-refractivity contribution is -0.134. The summed E-state index contributed by atoms with van der Waals surface area (Å²) in [6, 6.07) is 0. The molecule has 0 unspecified atom stereocenters. The highest BCUT2D eigenvalue weighted by atomic mass is 32.2. The highest BCUT2D eigenvalue weighted by Gasteiger charge is 2.31. The normalized spacial score (nSPS) is 19.9. The van der Waals surface area contributed by atoms with Gasteiger partial charge in [0.25, 0.3) is 0 Å². The molecule has 1 saturated heterocycles. The van der Waals surface area contributed by atoms with Crippen molar-refractivity contribution in [3.8, 4) is 0 Å². The number of H-pyrrole nitrogens is 1. The van der Waals surface area contributed by atoms with E-state index in [2.05, 4.69) is 10.2 Å². The summed E-state index contributed by atoms with van der Waals surface area (Å²) in [6.07, 6.45) is 3.20. The van der Waals surface area contributed by atoms with Gasteiger partial charge in [0.05, 0.1) is 11.9 Å². The van der Waals surface area contributed by atoms with Gasteiger partial charge in [-0.25, -0.2) is 8.42 Å². The number of sulfone groups is 1. The van der Waals surface area contributed by atoms with Gasteiger partial charge >= 0.3 is 0 Å². The number of carbonyl (C=O) groups excluding carboxylic acids is 1. The second-order valence-electron chi connectivity index (χ2n) is 4.68. The van der Waals surface area contributed by atoms with Crippen LogP contribution in [-0.4, -0.2) is 62.5 Å². The first kappa shape index (κ1) is 14.0. The number of aromatic amines is 1. The summed E-state index contributed by atoms with van der Waals surface area (Å²) in [4.78, 5) is 13.6. The van der Waals surface area contributed by atoms with Crippen molar-refractivity contribution in [1.82, 2.24) is 15.1 Å². The molecule has 1 aliphatic heterocycles. The Kier molecular flexibility index (Phi) is 3.91. The van der Waals surface area contributed by atoms with Crippen LogP contribution in [0.2, 0.25) is 0 Å². The van der Waals surface area contributed by atoms with Crippen molar-refractivity contribution in [3.63, 3.8) is 0 Å². The summed E-state index contributed by atoms with van der Waals surface area (Å²) in [5, 5.41) is 6.55. The summed E-state index contributed by atoms with van der Waals surface area (Å²) in [5.41, 5.74) is 0.593. The highest BCUT2D eigenvalue weighted by Crippen LogP contribution is 2.30. The maximum atomic E-state index is 11.7. The van der Waals surface area contributed by atoms with E-state index in [4.69, 9.17) is 4.74 Å². The van der Waals surface area contributed by atoms with Gasteiger partial charge in [0.15, 0.2) is 9.84 Å². The Labute approximate surface area is 111 Å². The maximum absolute atomic E-state index is 11.7. The van der Waals surface area contributed by atoms with E-state index in [0.29, 0.717) is 18.8 Å². The van der Waals surface area contributed by atoms with E-state index in [9.17, 15) is 13.2 Å². The summed E-state index contributed by atoms with van der Waals surface area (Å²) < 4.78 is 28.1. The molecule has 2 heterocycles. The van der Waals surface area contributed by atoms with Gasteiger partial charge in [0, 0.05) is 32.4 Å². The average Bonchev–Trinajstić information content (AvgIpc) is 2.97. The molecule has 0 aromatic carbocycles. The number of nitrogens with one attached hydrogen (secondary N) is 1. The zero-order valence-electron chi connectivity index (χ0n) is 10.9. The molecule has 1 atom stereocenters. The Morgan fingerprint density at radius 3 is 3.00 bits per heavy atom. The molecule has 106 valence electrons. The molecule has 1 aromatic rings. The van der Waals surface area contributed by atoms with Gasteiger partial charge in [-0.2, -0.15) is 5.10 Å². The van der Waals surface area contributed by atoms with Gasteiger partial charge < -0.3 is 9.64 Å². The van der Waals surface area contributed by atoms with Crippen molar-refractivity contribution < 1.29 is 17.9 Å². The minimum Gasteiger partial charge on any atom is -0.375 e. The van der Waals surface area contributed by atoms with E-state index in [0.717, 1.165) is 12.7 Å². The molecule has 1 aromatic heterocycles. The quantitative estimate of drug-likeness (QED) is 0.826. The smallest absolute Gasteiger partial charge is 0.248 e. The zero-order chi connectivity index (χ0) is 14.0. The van der Waals surface area contributed by atoms with Crippen LogP contribution in [0.4, 0.5) is 0 Å². The van der Waals surface area contributed by atoms with E-state index in [1.807, 2.05) is 0 Å². The number of amides is 1. The molecule has 0 spiro atoms. The third-order valence-corrected chi connectivity index (χ3v) is 4.37. The molecule has 1 N–H and O–H groups in total. The molecule has 2 rings (SSSR count). The molecule has 7 nitrogen and oxygen atoms in total. The molecular formula is C11H17N3O4S. The van der Waals surface area contributed by atoms with Crippen molar-refractivity contribution in [3.05, 3.63) is 11.9 Å². The van der Waals surface area contributed by atoms with Crippen LogP contribution in [0.25, 0.3) is 0 Å². The van der Waals surface area contributed by atoms with Gasteiger partial charge in [0.2, 0.25) is 5.91 Å². The van der Waals surface area contributed by atoms with Gasteiger partial charge in [0.1, 0.15) is 11.5 Å². The van der Waals surface area contributed by atoms with E-state index in [-0.39, 0.29) is 23.3 Å². The first-order valence-electron chi connectivity index (χ1n) is 5.93. The number of hydrogen-bond donors (Lipinski definition) is 1. The van der Waals surface area contributed by atoms with Crippen LogP contribution in [0.5, 0.6) is 0 Å². The van der Waals surface area contributed by atoms with E-state index < -0.39 is 9.84 Å². The molecular weight excluding hydrogens is 270 g/mol. The molecule has 1 amide bonds. The molecule has 1 aliphatic rings. The van der Waals surface area contributed by atoms with Gasteiger partial charge in [-0.15, -0.1) is 0 Å².